The molecular weight excluding hydrogens is 285 g/mol. The van der Waals surface area contributed by atoms with Crippen LogP contribution in [0.15, 0.2) is 29.1 Å². The topological polar surface area (TPSA) is 66.0 Å². The molecule has 1 aromatic heterocycles. The van der Waals surface area contributed by atoms with Crippen molar-refractivity contribution in [2.75, 3.05) is 0 Å². The summed E-state index contributed by atoms with van der Waals surface area (Å²) in [5, 5.41) is 9.79. The van der Waals surface area contributed by atoms with Crippen LogP contribution >= 0.6 is 0 Å². The minimum atomic E-state index is -4.58. The summed E-state index contributed by atoms with van der Waals surface area (Å²) in [6.07, 6.45) is -4.58. The molecule has 0 aliphatic rings. The number of aromatic nitrogens is 2. The number of nitrogens with one attached hydrogen (secondary N) is 1. The molecule has 112 valence electrons. The van der Waals surface area contributed by atoms with Gasteiger partial charge in [0, 0.05) is 5.56 Å². The van der Waals surface area contributed by atoms with Crippen molar-refractivity contribution < 1.29 is 18.3 Å². The largest absolute Gasteiger partial charge is 0.493 e. The quantitative estimate of drug-likeness (QED) is 0.894. The molecule has 0 amide bonds. The molecular formula is C14H13F3N2O2. The van der Waals surface area contributed by atoms with Crippen molar-refractivity contribution in [3.05, 3.63) is 45.7 Å². The number of halogens is 3. The number of hydrogen-bond donors (Lipinski definition) is 2. The first-order valence-electron chi connectivity index (χ1n) is 6.21. The lowest BCUT2D eigenvalue weighted by atomic mass is 10.0. The lowest BCUT2D eigenvalue weighted by Gasteiger charge is -2.13. The van der Waals surface area contributed by atoms with Gasteiger partial charge in [-0.15, -0.1) is 0 Å². The zero-order valence-corrected chi connectivity index (χ0v) is 11.3. The Bertz CT molecular complexity index is 721. The molecule has 7 heteroatoms. The first-order chi connectivity index (χ1) is 9.71. The van der Waals surface area contributed by atoms with Gasteiger partial charge in [-0.2, -0.15) is 18.2 Å². The second-order valence-corrected chi connectivity index (χ2v) is 4.85. The molecule has 0 fully saturated rings. The zero-order chi connectivity index (χ0) is 15.8. The number of alkyl halides is 3. The minimum absolute atomic E-state index is 0.0447. The number of benzene rings is 1. The number of nitrogens with zero attached hydrogens (tertiary/aromatic N) is 1. The molecule has 2 aromatic rings. The summed E-state index contributed by atoms with van der Waals surface area (Å²) in [5.41, 5.74) is -1.81. The van der Waals surface area contributed by atoms with Crippen LogP contribution in [0.2, 0.25) is 0 Å². The molecule has 0 unspecified atom stereocenters. The lowest BCUT2D eigenvalue weighted by molar-refractivity contribution is -0.137. The number of rotatable bonds is 2. The Kier molecular flexibility index (Phi) is 3.76. The van der Waals surface area contributed by atoms with Gasteiger partial charge in [0.1, 0.15) is 5.82 Å². The predicted molar refractivity (Wildman–Crippen MR) is 71.0 cm³/mol. The van der Waals surface area contributed by atoms with Crippen LogP contribution in [0, 0.1) is 0 Å². The second-order valence-electron chi connectivity index (χ2n) is 4.85. The summed E-state index contributed by atoms with van der Waals surface area (Å²) in [6.45, 7) is 3.35. The van der Waals surface area contributed by atoms with Crippen molar-refractivity contribution in [2.45, 2.75) is 25.9 Å². The summed E-state index contributed by atoms with van der Waals surface area (Å²) in [4.78, 5) is 17.9. The van der Waals surface area contributed by atoms with Crippen molar-refractivity contribution >= 4 is 0 Å². The highest BCUT2D eigenvalue weighted by Gasteiger charge is 2.34. The fraction of sp³-hybridized carbons (Fsp3) is 0.286. The standard InChI is InChI=1S/C14H13F3N2O2/c1-7(2)10-12(20)18-11(19-13(10)21)8-5-3-4-6-9(8)14(15,16)17/h3-7H,1-2H3,(H2,18,19,20,21). The average Bonchev–Trinajstić information content (AvgIpc) is 2.36. The van der Waals surface area contributed by atoms with Gasteiger partial charge in [0.25, 0.3) is 5.56 Å². The van der Waals surface area contributed by atoms with Crippen LogP contribution in [-0.4, -0.2) is 15.1 Å². The van der Waals surface area contributed by atoms with E-state index in [-0.39, 0.29) is 22.9 Å². The highest BCUT2D eigenvalue weighted by Crippen LogP contribution is 2.36. The maximum absolute atomic E-state index is 13.0. The average molecular weight is 298 g/mol. The van der Waals surface area contributed by atoms with Gasteiger partial charge < -0.3 is 10.1 Å². The predicted octanol–water partition coefficient (Wildman–Crippen LogP) is 3.28. The van der Waals surface area contributed by atoms with Gasteiger partial charge in [-0.3, -0.25) is 4.79 Å². The Morgan fingerprint density at radius 2 is 1.86 bits per heavy atom. The van der Waals surface area contributed by atoms with Gasteiger partial charge in [-0.25, -0.2) is 0 Å². The Morgan fingerprint density at radius 3 is 2.38 bits per heavy atom. The van der Waals surface area contributed by atoms with Crippen molar-refractivity contribution in [3.63, 3.8) is 0 Å². The molecule has 1 aromatic carbocycles. The third-order valence-electron chi connectivity index (χ3n) is 3.00. The fourth-order valence-corrected chi connectivity index (χ4v) is 2.06. The summed E-state index contributed by atoms with van der Waals surface area (Å²) in [5.74, 6) is -1.16. The van der Waals surface area contributed by atoms with Crippen LogP contribution in [-0.2, 0) is 6.18 Å². The first kappa shape index (κ1) is 15.1. The van der Waals surface area contributed by atoms with Gasteiger partial charge in [-0.05, 0) is 12.0 Å². The third-order valence-corrected chi connectivity index (χ3v) is 3.00. The van der Waals surface area contributed by atoms with Crippen molar-refractivity contribution in [1.82, 2.24) is 9.97 Å². The SMILES string of the molecule is CC(C)c1c(O)nc(-c2ccccc2C(F)(F)F)[nH]c1=O. The monoisotopic (exact) mass is 298 g/mol. The third kappa shape index (κ3) is 2.91. The van der Waals surface area contributed by atoms with Gasteiger partial charge in [0.05, 0.1) is 11.1 Å². The molecule has 21 heavy (non-hydrogen) atoms. The number of aromatic amines is 1. The van der Waals surface area contributed by atoms with E-state index in [4.69, 9.17) is 0 Å². The van der Waals surface area contributed by atoms with Crippen LogP contribution in [0.4, 0.5) is 13.2 Å². The molecule has 2 N–H and O–H groups in total. The Balaban J connectivity index is 2.68. The van der Waals surface area contributed by atoms with E-state index in [1.807, 2.05) is 0 Å². The molecule has 0 aliphatic heterocycles. The van der Waals surface area contributed by atoms with E-state index >= 15 is 0 Å². The van der Waals surface area contributed by atoms with Crippen LogP contribution in [0.1, 0.15) is 30.9 Å². The molecule has 0 radical (unpaired) electrons. The van der Waals surface area contributed by atoms with Crippen molar-refractivity contribution in [2.24, 2.45) is 0 Å². The van der Waals surface area contributed by atoms with E-state index in [1.165, 1.54) is 18.2 Å². The van der Waals surface area contributed by atoms with Crippen molar-refractivity contribution in [1.29, 1.82) is 0 Å². The highest BCUT2D eigenvalue weighted by atomic mass is 19.4. The van der Waals surface area contributed by atoms with Gasteiger partial charge in [0.2, 0.25) is 5.88 Å². The summed E-state index contributed by atoms with van der Waals surface area (Å²) >= 11 is 0. The van der Waals surface area contributed by atoms with E-state index in [9.17, 15) is 23.1 Å². The van der Waals surface area contributed by atoms with Crippen LogP contribution < -0.4 is 5.56 Å². The second kappa shape index (κ2) is 5.23. The molecule has 0 saturated carbocycles. The van der Waals surface area contributed by atoms with Crippen LogP contribution in [0.5, 0.6) is 5.88 Å². The minimum Gasteiger partial charge on any atom is -0.493 e. The van der Waals surface area contributed by atoms with Gasteiger partial charge >= 0.3 is 6.18 Å². The van der Waals surface area contributed by atoms with E-state index in [0.29, 0.717) is 0 Å². The molecule has 0 aliphatic carbocycles. The number of aromatic hydroxyl groups is 1. The smallest absolute Gasteiger partial charge is 0.417 e. The van der Waals surface area contributed by atoms with E-state index in [2.05, 4.69) is 9.97 Å². The van der Waals surface area contributed by atoms with Gasteiger partial charge in [0.15, 0.2) is 0 Å². The number of hydrogen-bond acceptors (Lipinski definition) is 3. The fourth-order valence-electron chi connectivity index (χ4n) is 2.06. The summed E-state index contributed by atoms with van der Waals surface area (Å²) < 4.78 is 38.9. The maximum Gasteiger partial charge on any atom is 0.417 e. The van der Waals surface area contributed by atoms with E-state index in [1.54, 1.807) is 13.8 Å². The molecule has 0 bridgehead atoms. The number of H-pyrrole nitrogens is 1. The summed E-state index contributed by atoms with van der Waals surface area (Å²) in [7, 11) is 0. The van der Waals surface area contributed by atoms with Crippen LogP contribution in [0.3, 0.4) is 0 Å². The first-order valence-corrected chi connectivity index (χ1v) is 6.21. The Hall–Kier alpha value is -2.31. The Labute approximate surface area is 118 Å². The molecule has 0 spiro atoms. The van der Waals surface area contributed by atoms with E-state index in [0.717, 1.165) is 6.07 Å². The molecule has 2 rings (SSSR count). The van der Waals surface area contributed by atoms with Crippen LogP contribution in [0.25, 0.3) is 11.4 Å². The maximum atomic E-state index is 13.0. The van der Waals surface area contributed by atoms with Crippen molar-refractivity contribution in [3.8, 4) is 17.3 Å². The van der Waals surface area contributed by atoms with E-state index < -0.39 is 23.2 Å². The molecule has 4 nitrogen and oxygen atoms in total. The highest BCUT2D eigenvalue weighted by molar-refractivity contribution is 5.61. The normalized spacial score (nSPS) is 11.9. The molecule has 0 atom stereocenters. The Morgan fingerprint density at radius 1 is 1.24 bits per heavy atom. The lowest BCUT2D eigenvalue weighted by Crippen LogP contribution is -2.17. The zero-order valence-electron chi connectivity index (χ0n) is 11.3. The summed E-state index contributed by atoms with van der Waals surface area (Å²) in [6, 6.07) is 4.73. The van der Waals surface area contributed by atoms with Gasteiger partial charge in [-0.1, -0.05) is 32.0 Å². The molecule has 1 heterocycles. The molecule has 0 saturated heterocycles.